The molecule has 4 heteroatoms. The SMILES string of the molecule is CCC(Cc1ccc(F)cc1)C1=CC=C(C(CC)c2ccc(C)s2)C(O)O1. The standard InChI is InChI=1S/C23H27FO2S/c1-4-17(14-16-7-9-18(24)10-8-16)21-12-11-20(23(25)26-21)19(5-2)22-13-6-15(3)27-22/h6-13,17,19,23,25H,4-5,14H2,1-3H3. The van der Waals surface area contributed by atoms with Crippen molar-refractivity contribution in [2.75, 3.05) is 0 Å². The van der Waals surface area contributed by atoms with Crippen molar-refractivity contribution in [2.24, 2.45) is 5.92 Å². The van der Waals surface area contributed by atoms with Gasteiger partial charge in [-0.25, -0.2) is 4.39 Å². The number of aryl methyl sites for hydroxylation is 1. The third kappa shape index (κ3) is 4.69. The predicted molar refractivity (Wildman–Crippen MR) is 109 cm³/mol. The maximum atomic E-state index is 13.1. The highest BCUT2D eigenvalue weighted by Gasteiger charge is 2.28. The van der Waals surface area contributed by atoms with Gasteiger partial charge in [0.15, 0.2) is 0 Å². The van der Waals surface area contributed by atoms with Crippen LogP contribution in [0.3, 0.4) is 0 Å². The van der Waals surface area contributed by atoms with Crippen molar-refractivity contribution in [3.63, 3.8) is 0 Å². The second-order valence-corrected chi connectivity index (χ2v) is 8.37. The van der Waals surface area contributed by atoms with E-state index in [-0.39, 0.29) is 17.7 Å². The molecule has 1 aromatic heterocycles. The third-order valence-corrected chi connectivity index (χ3v) is 6.29. The third-order valence-electron chi connectivity index (χ3n) is 5.18. The van der Waals surface area contributed by atoms with Crippen molar-refractivity contribution in [3.05, 3.63) is 81.0 Å². The fourth-order valence-corrected chi connectivity index (χ4v) is 4.70. The van der Waals surface area contributed by atoms with Gasteiger partial charge < -0.3 is 9.84 Å². The average Bonchev–Trinajstić information content (AvgIpc) is 3.09. The molecule has 2 aromatic rings. The lowest BCUT2D eigenvalue weighted by molar-refractivity contribution is -0.0526. The minimum absolute atomic E-state index is 0.159. The lowest BCUT2D eigenvalue weighted by Crippen LogP contribution is -2.25. The maximum absolute atomic E-state index is 13.1. The van der Waals surface area contributed by atoms with E-state index in [4.69, 9.17) is 4.74 Å². The molecule has 1 aliphatic rings. The summed E-state index contributed by atoms with van der Waals surface area (Å²) in [7, 11) is 0. The molecule has 3 rings (SSSR count). The van der Waals surface area contributed by atoms with Gasteiger partial charge in [0.1, 0.15) is 11.6 Å². The molecule has 1 aliphatic heterocycles. The number of thiophene rings is 1. The van der Waals surface area contributed by atoms with E-state index in [2.05, 4.69) is 32.9 Å². The summed E-state index contributed by atoms with van der Waals surface area (Å²) in [5, 5.41) is 10.7. The summed E-state index contributed by atoms with van der Waals surface area (Å²) in [6.45, 7) is 6.34. The molecule has 0 bridgehead atoms. The smallest absolute Gasteiger partial charge is 0.220 e. The van der Waals surface area contributed by atoms with Crippen molar-refractivity contribution in [3.8, 4) is 0 Å². The van der Waals surface area contributed by atoms with Gasteiger partial charge >= 0.3 is 0 Å². The molecule has 0 aliphatic carbocycles. The number of ether oxygens (including phenoxy) is 1. The van der Waals surface area contributed by atoms with Crippen LogP contribution in [0, 0.1) is 18.7 Å². The second-order valence-electron chi connectivity index (χ2n) is 7.05. The van der Waals surface area contributed by atoms with E-state index in [9.17, 15) is 9.50 Å². The Kier molecular flexibility index (Phi) is 6.51. The summed E-state index contributed by atoms with van der Waals surface area (Å²) < 4.78 is 19.1. The van der Waals surface area contributed by atoms with Crippen molar-refractivity contribution in [1.29, 1.82) is 0 Å². The first-order chi connectivity index (χ1) is 13.0. The fourth-order valence-electron chi connectivity index (χ4n) is 3.61. The van der Waals surface area contributed by atoms with Crippen LogP contribution in [0.1, 0.15) is 47.9 Å². The Morgan fingerprint density at radius 3 is 2.37 bits per heavy atom. The summed E-state index contributed by atoms with van der Waals surface area (Å²) in [6.07, 6.45) is 5.69. The number of halogens is 1. The molecule has 2 heterocycles. The second kappa shape index (κ2) is 8.85. The van der Waals surface area contributed by atoms with Crippen LogP contribution in [0.25, 0.3) is 0 Å². The van der Waals surface area contributed by atoms with Crippen LogP contribution in [-0.4, -0.2) is 11.4 Å². The molecule has 1 aromatic carbocycles. The summed E-state index contributed by atoms with van der Waals surface area (Å²) in [5.41, 5.74) is 1.98. The summed E-state index contributed by atoms with van der Waals surface area (Å²) >= 11 is 1.77. The van der Waals surface area contributed by atoms with Crippen molar-refractivity contribution < 1.29 is 14.2 Å². The molecule has 144 valence electrons. The van der Waals surface area contributed by atoms with Gasteiger partial charge in [-0.1, -0.05) is 32.1 Å². The largest absolute Gasteiger partial charge is 0.465 e. The zero-order valence-corrected chi connectivity index (χ0v) is 16.9. The molecule has 1 N–H and O–H groups in total. The number of aliphatic hydroxyl groups is 1. The van der Waals surface area contributed by atoms with Crippen molar-refractivity contribution >= 4 is 11.3 Å². The lowest BCUT2D eigenvalue weighted by atomic mass is 9.90. The summed E-state index contributed by atoms with van der Waals surface area (Å²) in [6, 6.07) is 10.9. The van der Waals surface area contributed by atoms with E-state index < -0.39 is 6.29 Å². The van der Waals surface area contributed by atoms with Crippen LogP contribution in [0.5, 0.6) is 0 Å². The van der Waals surface area contributed by atoms with Crippen LogP contribution >= 0.6 is 11.3 Å². The first-order valence-electron chi connectivity index (χ1n) is 9.59. The Labute approximate surface area is 165 Å². The Balaban J connectivity index is 1.79. The van der Waals surface area contributed by atoms with Crippen molar-refractivity contribution in [2.45, 2.75) is 52.2 Å². The van der Waals surface area contributed by atoms with E-state index in [0.29, 0.717) is 0 Å². The van der Waals surface area contributed by atoms with Gasteiger partial charge in [0.25, 0.3) is 0 Å². The van der Waals surface area contributed by atoms with Gasteiger partial charge in [-0.15, -0.1) is 11.3 Å². The molecule has 0 amide bonds. The summed E-state index contributed by atoms with van der Waals surface area (Å²) in [4.78, 5) is 2.54. The molecule has 3 unspecified atom stereocenters. The molecule has 0 saturated carbocycles. The first kappa shape index (κ1) is 19.8. The molecular formula is C23H27FO2S. The first-order valence-corrected chi connectivity index (χ1v) is 10.4. The van der Waals surface area contributed by atoms with Gasteiger partial charge in [0.05, 0.1) is 0 Å². The molecule has 0 saturated heterocycles. The van der Waals surface area contributed by atoms with Crippen LogP contribution in [-0.2, 0) is 11.2 Å². The average molecular weight is 387 g/mol. The minimum Gasteiger partial charge on any atom is -0.465 e. The number of allylic oxidation sites excluding steroid dienone is 3. The highest BCUT2D eigenvalue weighted by Crippen LogP contribution is 2.38. The van der Waals surface area contributed by atoms with E-state index in [1.54, 1.807) is 11.3 Å². The summed E-state index contributed by atoms with van der Waals surface area (Å²) in [5.74, 6) is 0.910. The number of aliphatic hydroxyl groups excluding tert-OH is 1. The van der Waals surface area contributed by atoms with E-state index in [1.807, 2.05) is 24.3 Å². The highest BCUT2D eigenvalue weighted by molar-refractivity contribution is 7.12. The Bertz CT molecular complexity index is 819. The quantitative estimate of drug-likeness (QED) is 0.621. The van der Waals surface area contributed by atoms with Crippen LogP contribution in [0.15, 0.2) is 59.9 Å². The molecule has 2 nitrogen and oxygen atoms in total. The molecule has 27 heavy (non-hydrogen) atoms. The lowest BCUT2D eigenvalue weighted by Gasteiger charge is -2.30. The topological polar surface area (TPSA) is 29.5 Å². The fraction of sp³-hybridized carbons (Fsp3) is 0.391. The van der Waals surface area contributed by atoms with Gasteiger partial charge in [-0.3, -0.25) is 0 Å². The van der Waals surface area contributed by atoms with Gasteiger partial charge in [0, 0.05) is 27.2 Å². The molecule has 3 atom stereocenters. The molecule has 0 spiro atoms. The van der Waals surface area contributed by atoms with Gasteiger partial charge in [-0.05, 0) is 62.1 Å². The van der Waals surface area contributed by atoms with Crippen LogP contribution in [0.4, 0.5) is 4.39 Å². The zero-order valence-electron chi connectivity index (χ0n) is 16.1. The highest BCUT2D eigenvalue weighted by atomic mass is 32.1. The van der Waals surface area contributed by atoms with Crippen LogP contribution in [0.2, 0.25) is 0 Å². The normalized spacial score (nSPS) is 19.1. The van der Waals surface area contributed by atoms with Gasteiger partial charge in [0.2, 0.25) is 6.29 Å². The predicted octanol–water partition coefficient (Wildman–Crippen LogP) is 6.12. The Morgan fingerprint density at radius 2 is 1.81 bits per heavy atom. The number of benzene rings is 1. The molecular weight excluding hydrogens is 359 g/mol. The maximum Gasteiger partial charge on any atom is 0.220 e. The zero-order chi connectivity index (χ0) is 19.4. The Morgan fingerprint density at radius 1 is 1.07 bits per heavy atom. The minimum atomic E-state index is -0.917. The van der Waals surface area contributed by atoms with E-state index in [1.165, 1.54) is 21.9 Å². The molecule has 0 radical (unpaired) electrons. The number of hydrogen-bond acceptors (Lipinski definition) is 3. The van der Waals surface area contributed by atoms with Crippen molar-refractivity contribution in [1.82, 2.24) is 0 Å². The Hall–Kier alpha value is -1.91. The number of hydrogen-bond donors (Lipinski definition) is 1. The van der Waals surface area contributed by atoms with E-state index in [0.717, 1.165) is 36.2 Å². The number of rotatable bonds is 7. The van der Waals surface area contributed by atoms with Crippen LogP contribution < -0.4 is 0 Å². The van der Waals surface area contributed by atoms with E-state index >= 15 is 0 Å². The molecule has 0 fully saturated rings. The monoisotopic (exact) mass is 386 g/mol. The van der Waals surface area contributed by atoms with Gasteiger partial charge in [-0.2, -0.15) is 0 Å².